The van der Waals surface area contributed by atoms with E-state index in [2.05, 4.69) is 15.6 Å². The number of rotatable bonds is 7. The second-order valence-electron chi connectivity index (χ2n) is 6.94. The van der Waals surface area contributed by atoms with E-state index >= 15 is 0 Å². The van der Waals surface area contributed by atoms with Crippen molar-refractivity contribution in [3.63, 3.8) is 0 Å². The van der Waals surface area contributed by atoms with Gasteiger partial charge < -0.3 is 15.2 Å². The summed E-state index contributed by atoms with van der Waals surface area (Å²) < 4.78 is 1.64. The third-order valence-electron chi connectivity index (χ3n) is 4.73. The predicted octanol–water partition coefficient (Wildman–Crippen LogP) is 1.74. The summed E-state index contributed by atoms with van der Waals surface area (Å²) in [7, 11) is 0. The highest BCUT2D eigenvalue weighted by atomic mass is 32.1. The number of nitrogens with zero attached hydrogens (tertiary/aromatic N) is 3. The molecule has 3 heterocycles. The second kappa shape index (κ2) is 8.91. The van der Waals surface area contributed by atoms with Crippen LogP contribution in [0.3, 0.4) is 0 Å². The number of benzene rings is 1. The first-order chi connectivity index (χ1) is 14.6. The van der Waals surface area contributed by atoms with Crippen molar-refractivity contribution in [1.82, 2.24) is 20.2 Å². The molecule has 1 fully saturated rings. The van der Waals surface area contributed by atoms with Crippen LogP contribution in [-0.2, 0) is 24.3 Å². The van der Waals surface area contributed by atoms with Crippen molar-refractivity contribution in [1.29, 1.82) is 0 Å². The lowest BCUT2D eigenvalue weighted by atomic mass is 10.1. The molecule has 0 bridgehead atoms. The molecule has 154 valence electrons. The number of carbonyl (C=O) groups is 2. The van der Waals surface area contributed by atoms with Gasteiger partial charge in [-0.05, 0) is 17.2 Å². The van der Waals surface area contributed by atoms with Crippen LogP contribution in [0.4, 0.5) is 9.93 Å². The van der Waals surface area contributed by atoms with Crippen LogP contribution in [0.25, 0.3) is 0 Å². The Hall–Kier alpha value is -3.46. The monoisotopic (exact) mass is 423 g/mol. The maximum atomic E-state index is 12.2. The Kier molecular flexibility index (Phi) is 5.89. The van der Waals surface area contributed by atoms with Crippen molar-refractivity contribution in [3.05, 3.63) is 81.2 Å². The summed E-state index contributed by atoms with van der Waals surface area (Å²) in [6.07, 6.45) is 1.93. The summed E-state index contributed by atoms with van der Waals surface area (Å²) in [5, 5.41) is 8.04. The zero-order valence-corrected chi connectivity index (χ0v) is 17.0. The highest BCUT2D eigenvalue weighted by Gasteiger charge is 2.24. The number of hydrogen-bond donors (Lipinski definition) is 2. The van der Waals surface area contributed by atoms with E-state index in [4.69, 9.17) is 0 Å². The summed E-state index contributed by atoms with van der Waals surface area (Å²) in [5.74, 6) is -0.127. The number of pyridine rings is 1. The minimum Gasteiger partial charge on any atom is -0.352 e. The lowest BCUT2D eigenvalue weighted by Crippen LogP contribution is -2.27. The zero-order chi connectivity index (χ0) is 20.9. The lowest BCUT2D eigenvalue weighted by molar-refractivity contribution is -0.120. The van der Waals surface area contributed by atoms with Crippen LogP contribution < -0.4 is 21.1 Å². The van der Waals surface area contributed by atoms with Crippen LogP contribution in [0.1, 0.15) is 16.8 Å². The minimum absolute atomic E-state index is 0.0376. The van der Waals surface area contributed by atoms with Crippen molar-refractivity contribution in [3.8, 4) is 0 Å². The first-order valence-electron chi connectivity index (χ1n) is 9.58. The Morgan fingerprint density at radius 3 is 2.67 bits per heavy atom. The molecule has 8 nitrogen and oxygen atoms in total. The molecule has 30 heavy (non-hydrogen) atoms. The molecule has 0 atom stereocenters. The van der Waals surface area contributed by atoms with Gasteiger partial charge in [-0.3, -0.25) is 14.5 Å². The van der Waals surface area contributed by atoms with Gasteiger partial charge in [0.1, 0.15) is 0 Å². The van der Waals surface area contributed by atoms with E-state index in [1.807, 2.05) is 30.3 Å². The summed E-state index contributed by atoms with van der Waals surface area (Å²) in [6, 6.07) is 12.7. The van der Waals surface area contributed by atoms with Crippen molar-refractivity contribution >= 4 is 28.4 Å². The molecule has 3 amide bonds. The predicted molar refractivity (Wildman–Crippen MR) is 115 cm³/mol. The molecule has 0 spiro atoms. The molecular formula is C21H21N5O3S. The molecule has 1 saturated heterocycles. The highest BCUT2D eigenvalue weighted by Crippen LogP contribution is 2.22. The van der Waals surface area contributed by atoms with Gasteiger partial charge in [-0.2, -0.15) is 0 Å². The third kappa shape index (κ3) is 4.74. The molecule has 3 aromatic rings. The first-order valence-corrected chi connectivity index (χ1v) is 10.5. The Morgan fingerprint density at radius 2 is 1.93 bits per heavy atom. The molecule has 1 aromatic carbocycles. The van der Waals surface area contributed by atoms with Crippen LogP contribution in [0, 0.1) is 0 Å². The van der Waals surface area contributed by atoms with Gasteiger partial charge in [-0.25, -0.2) is 9.78 Å². The van der Waals surface area contributed by atoms with Gasteiger partial charge in [-0.15, -0.1) is 11.3 Å². The molecule has 9 heteroatoms. The molecule has 1 aliphatic rings. The van der Waals surface area contributed by atoms with E-state index in [0.717, 1.165) is 11.1 Å². The van der Waals surface area contributed by atoms with E-state index < -0.39 is 0 Å². The van der Waals surface area contributed by atoms with Gasteiger partial charge in [0.2, 0.25) is 5.91 Å². The van der Waals surface area contributed by atoms with Crippen LogP contribution in [0.5, 0.6) is 0 Å². The normalized spacial score (nSPS) is 13.3. The molecule has 2 N–H and O–H groups in total. The fraction of sp³-hybridized carbons (Fsp3) is 0.238. The van der Waals surface area contributed by atoms with E-state index in [1.54, 1.807) is 27.1 Å². The summed E-state index contributed by atoms with van der Waals surface area (Å²) in [5.41, 5.74) is 2.60. The van der Waals surface area contributed by atoms with Crippen molar-refractivity contribution in [2.24, 2.45) is 0 Å². The van der Waals surface area contributed by atoms with Gasteiger partial charge >= 0.3 is 6.03 Å². The highest BCUT2D eigenvalue weighted by molar-refractivity contribution is 7.14. The average molecular weight is 423 g/mol. The molecular weight excluding hydrogens is 402 g/mol. The average Bonchev–Trinajstić information content (AvgIpc) is 3.38. The molecule has 0 unspecified atom stereocenters. The SMILES string of the molecule is O=C(Cc1csc(N2CCNC2=O)n1)NCc1ccc(Cn2ccccc2=O)cc1. The van der Waals surface area contributed by atoms with Crippen molar-refractivity contribution < 1.29 is 9.59 Å². The number of aromatic nitrogens is 2. The van der Waals surface area contributed by atoms with Gasteiger partial charge in [-0.1, -0.05) is 30.3 Å². The molecule has 2 aromatic heterocycles. The van der Waals surface area contributed by atoms with E-state index in [1.165, 1.54) is 17.4 Å². The topological polar surface area (TPSA) is 96.3 Å². The van der Waals surface area contributed by atoms with Crippen molar-refractivity contribution in [2.45, 2.75) is 19.5 Å². The molecule has 4 rings (SSSR count). The van der Waals surface area contributed by atoms with Crippen LogP contribution in [-0.4, -0.2) is 34.6 Å². The minimum atomic E-state index is -0.152. The fourth-order valence-corrected chi connectivity index (χ4v) is 3.98. The molecule has 0 saturated carbocycles. The number of amides is 3. The zero-order valence-electron chi connectivity index (χ0n) is 16.2. The van der Waals surface area contributed by atoms with Gasteiger partial charge in [0, 0.05) is 37.3 Å². The van der Waals surface area contributed by atoms with Gasteiger partial charge in [0.25, 0.3) is 5.56 Å². The number of nitrogens with one attached hydrogen (secondary N) is 2. The Bertz CT molecular complexity index is 1110. The summed E-state index contributed by atoms with van der Waals surface area (Å²) in [4.78, 5) is 41.7. The largest absolute Gasteiger partial charge is 0.352 e. The van der Waals surface area contributed by atoms with Crippen LogP contribution in [0.15, 0.2) is 58.8 Å². The number of carbonyl (C=O) groups excluding carboxylic acids is 2. The second-order valence-corrected chi connectivity index (χ2v) is 7.78. The number of anilines is 1. The van der Waals surface area contributed by atoms with Gasteiger partial charge in [0.15, 0.2) is 5.13 Å². The molecule has 1 aliphatic heterocycles. The fourth-order valence-electron chi connectivity index (χ4n) is 3.13. The van der Waals surface area contributed by atoms with E-state index in [-0.39, 0.29) is 23.9 Å². The number of thiazole rings is 1. The quantitative estimate of drug-likeness (QED) is 0.605. The first kappa shape index (κ1) is 19.8. The van der Waals surface area contributed by atoms with Gasteiger partial charge in [0.05, 0.1) is 18.7 Å². The number of hydrogen-bond acceptors (Lipinski definition) is 5. The number of urea groups is 1. The molecule has 0 radical (unpaired) electrons. The van der Waals surface area contributed by atoms with E-state index in [0.29, 0.717) is 37.0 Å². The third-order valence-corrected chi connectivity index (χ3v) is 5.65. The standard InChI is InChI=1S/C21H21N5O3S/c27-18(11-17-14-30-21(24-17)26-10-8-22-20(26)29)23-12-15-4-6-16(7-5-15)13-25-9-2-1-3-19(25)28/h1-7,9,14H,8,10-13H2,(H,22,29)(H,23,27). The van der Waals surface area contributed by atoms with Crippen molar-refractivity contribution in [2.75, 3.05) is 18.0 Å². The van der Waals surface area contributed by atoms with Crippen LogP contribution >= 0.6 is 11.3 Å². The summed E-state index contributed by atoms with van der Waals surface area (Å²) in [6.45, 7) is 2.12. The summed E-state index contributed by atoms with van der Waals surface area (Å²) >= 11 is 1.36. The Labute approximate surface area is 177 Å². The lowest BCUT2D eigenvalue weighted by Gasteiger charge is -2.09. The molecule has 0 aliphatic carbocycles. The van der Waals surface area contributed by atoms with Crippen LogP contribution in [0.2, 0.25) is 0 Å². The maximum absolute atomic E-state index is 12.2. The Morgan fingerprint density at radius 1 is 1.13 bits per heavy atom. The smallest absolute Gasteiger partial charge is 0.323 e. The Balaban J connectivity index is 1.28. The van der Waals surface area contributed by atoms with E-state index in [9.17, 15) is 14.4 Å². The maximum Gasteiger partial charge on any atom is 0.323 e.